The van der Waals surface area contributed by atoms with E-state index in [-0.39, 0.29) is 10.3 Å². The third-order valence-electron chi connectivity index (χ3n) is 5.86. The van der Waals surface area contributed by atoms with Crippen molar-refractivity contribution < 1.29 is 17.9 Å². The Kier molecular flexibility index (Phi) is 6.91. The number of aromatic nitrogens is 2. The molecule has 0 fully saturated rings. The van der Waals surface area contributed by atoms with Gasteiger partial charge in [0.25, 0.3) is 10.0 Å². The van der Waals surface area contributed by atoms with Gasteiger partial charge in [-0.15, -0.1) is 0 Å². The second kappa shape index (κ2) is 9.75. The lowest BCUT2D eigenvalue weighted by molar-refractivity contribution is -0.120. The lowest BCUT2D eigenvalue weighted by Gasteiger charge is -2.20. The van der Waals surface area contributed by atoms with E-state index in [4.69, 9.17) is 4.74 Å². The summed E-state index contributed by atoms with van der Waals surface area (Å²) >= 11 is 1.09. The molecule has 1 aromatic heterocycles. The molecule has 182 valence electrons. The molecule has 0 saturated heterocycles. The predicted molar refractivity (Wildman–Crippen MR) is 137 cm³/mol. The number of ether oxygens (including phenoxy) is 1. The maximum Gasteiger partial charge on any atom is 0.264 e. The molecule has 1 N–H and O–H groups in total. The lowest BCUT2D eigenvalue weighted by Crippen LogP contribution is -2.35. The van der Waals surface area contributed by atoms with Gasteiger partial charge in [0.2, 0.25) is 5.91 Å². The van der Waals surface area contributed by atoms with Gasteiger partial charge in [0.15, 0.2) is 0 Å². The Balaban J connectivity index is 1.64. The van der Waals surface area contributed by atoms with Crippen LogP contribution in [0.5, 0.6) is 5.75 Å². The number of methoxy groups -OCH3 is 1. The standard InChI is InChI=1S/C26H27N3O4S2/c1-26(2,3)19-8-12-21(13-9-19)35(31,32)29-25(30)22(15-17-5-10-20(33-4)11-6-17)18-7-14-23-24(16-18)28-34-27-23/h5-14,16,22H,15H2,1-4H3,(H,29,30). The van der Waals surface area contributed by atoms with Gasteiger partial charge in [-0.2, -0.15) is 8.75 Å². The molecule has 4 aromatic rings. The molecule has 0 aliphatic rings. The van der Waals surface area contributed by atoms with Crippen LogP contribution in [0, 0.1) is 0 Å². The summed E-state index contributed by atoms with van der Waals surface area (Å²) in [4.78, 5) is 13.5. The highest BCUT2D eigenvalue weighted by Gasteiger charge is 2.27. The van der Waals surface area contributed by atoms with Crippen molar-refractivity contribution in [1.29, 1.82) is 0 Å². The Labute approximate surface area is 209 Å². The summed E-state index contributed by atoms with van der Waals surface area (Å²) in [6.45, 7) is 6.16. The van der Waals surface area contributed by atoms with Crippen LogP contribution in [0.25, 0.3) is 11.0 Å². The number of carbonyl (C=O) groups excluding carboxylic acids is 1. The zero-order valence-corrected chi connectivity index (χ0v) is 21.6. The van der Waals surface area contributed by atoms with E-state index < -0.39 is 21.8 Å². The van der Waals surface area contributed by atoms with Crippen molar-refractivity contribution >= 4 is 38.7 Å². The number of fused-ring (bicyclic) bond motifs is 1. The summed E-state index contributed by atoms with van der Waals surface area (Å²) < 4.78 is 42.1. The maximum absolute atomic E-state index is 13.4. The Morgan fingerprint density at radius 3 is 2.26 bits per heavy atom. The van der Waals surface area contributed by atoms with Gasteiger partial charge in [0.05, 0.1) is 29.7 Å². The minimum atomic E-state index is -4.05. The molecule has 1 amide bonds. The Bertz CT molecular complexity index is 1440. The lowest BCUT2D eigenvalue weighted by atomic mass is 9.87. The van der Waals surface area contributed by atoms with E-state index >= 15 is 0 Å². The van der Waals surface area contributed by atoms with Crippen molar-refractivity contribution in [2.45, 2.75) is 43.4 Å². The van der Waals surface area contributed by atoms with Crippen molar-refractivity contribution in [2.24, 2.45) is 0 Å². The highest BCUT2D eigenvalue weighted by Crippen LogP contribution is 2.27. The molecule has 7 nitrogen and oxygen atoms in total. The van der Waals surface area contributed by atoms with Gasteiger partial charge in [-0.3, -0.25) is 4.79 Å². The minimum Gasteiger partial charge on any atom is -0.497 e. The highest BCUT2D eigenvalue weighted by atomic mass is 32.2. The summed E-state index contributed by atoms with van der Waals surface area (Å²) in [6.07, 6.45) is 0.303. The van der Waals surface area contributed by atoms with Gasteiger partial charge in [0, 0.05) is 0 Å². The Hall–Kier alpha value is -3.30. The number of nitrogens with zero attached hydrogens (tertiary/aromatic N) is 2. The molecule has 0 aliphatic heterocycles. The average Bonchev–Trinajstić information content (AvgIpc) is 3.30. The van der Waals surface area contributed by atoms with Crippen molar-refractivity contribution in [3.63, 3.8) is 0 Å². The van der Waals surface area contributed by atoms with Crippen LogP contribution in [-0.4, -0.2) is 30.2 Å². The summed E-state index contributed by atoms with van der Waals surface area (Å²) in [5.41, 5.74) is 3.82. The molecule has 3 aromatic carbocycles. The van der Waals surface area contributed by atoms with E-state index in [1.54, 1.807) is 37.4 Å². The first-order chi connectivity index (χ1) is 16.6. The fourth-order valence-electron chi connectivity index (χ4n) is 3.77. The largest absolute Gasteiger partial charge is 0.497 e. The quantitative estimate of drug-likeness (QED) is 0.383. The van der Waals surface area contributed by atoms with Gasteiger partial charge < -0.3 is 4.74 Å². The fraction of sp³-hybridized carbons (Fsp3) is 0.269. The normalized spacial score (nSPS) is 12.9. The Morgan fingerprint density at radius 1 is 0.971 bits per heavy atom. The van der Waals surface area contributed by atoms with Crippen LogP contribution >= 0.6 is 11.7 Å². The molecule has 0 bridgehead atoms. The molecule has 4 rings (SSSR count). The minimum absolute atomic E-state index is 0.0428. The zero-order chi connectivity index (χ0) is 25.2. The number of nitrogens with one attached hydrogen (secondary N) is 1. The van der Waals surface area contributed by atoms with E-state index in [0.717, 1.165) is 28.4 Å². The molecule has 1 unspecified atom stereocenters. The number of carbonyl (C=O) groups is 1. The van der Waals surface area contributed by atoms with Gasteiger partial charge in [-0.1, -0.05) is 51.1 Å². The molecule has 35 heavy (non-hydrogen) atoms. The molecule has 0 saturated carbocycles. The SMILES string of the molecule is COc1ccc(CC(C(=O)NS(=O)(=O)c2ccc(C(C)(C)C)cc2)c2ccc3nsnc3c2)cc1. The number of hydrogen-bond acceptors (Lipinski definition) is 7. The monoisotopic (exact) mass is 509 g/mol. The molecular formula is C26H27N3O4S2. The van der Waals surface area contributed by atoms with Crippen LogP contribution in [0.1, 0.15) is 43.4 Å². The number of hydrogen-bond donors (Lipinski definition) is 1. The van der Waals surface area contributed by atoms with Crippen molar-refractivity contribution in [3.05, 3.63) is 83.4 Å². The molecular weight excluding hydrogens is 482 g/mol. The number of sulfonamides is 1. The highest BCUT2D eigenvalue weighted by molar-refractivity contribution is 7.90. The van der Waals surface area contributed by atoms with Gasteiger partial charge >= 0.3 is 0 Å². The van der Waals surface area contributed by atoms with E-state index in [1.807, 2.05) is 24.3 Å². The molecule has 9 heteroatoms. The van der Waals surface area contributed by atoms with Crippen molar-refractivity contribution in [1.82, 2.24) is 13.5 Å². The topological polar surface area (TPSA) is 98.2 Å². The van der Waals surface area contributed by atoms with E-state index in [1.165, 1.54) is 12.1 Å². The molecule has 0 aliphatic carbocycles. The molecule has 0 radical (unpaired) electrons. The molecule has 0 spiro atoms. The third-order valence-corrected chi connectivity index (χ3v) is 7.78. The summed E-state index contributed by atoms with van der Waals surface area (Å²) in [5.74, 6) is -0.660. The van der Waals surface area contributed by atoms with E-state index in [9.17, 15) is 13.2 Å². The second-order valence-corrected chi connectivity index (χ2v) is 11.6. The van der Waals surface area contributed by atoms with E-state index in [0.29, 0.717) is 23.3 Å². The fourth-order valence-corrected chi connectivity index (χ4v) is 5.31. The number of benzene rings is 3. The first kappa shape index (κ1) is 24.8. The van der Waals surface area contributed by atoms with Crippen LogP contribution in [-0.2, 0) is 26.7 Å². The number of amides is 1. The molecule has 1 heterocycles. The molecule has 1 atom stereocenters. The first-order valence-corrected chi connectivity index (χ1v) is 13.3. The van der Waals surface area contributed by atoms with Crippen LogP contribution in [0.2, 0.25) is 0 Å². The van der Waals surface area contributed by atoms with Gasteiger partial charge in [-0.05, 0) is 64.9 Å². The maximum atomic E-state index is 13.4. The summed E-state index contributed by atoms with van der Waals surface area (Å²) in [7, 11) is -2.47. The number of rotatable bonds is 7. The third kappa shape index (κ3) is 5.68. The van der Waals surface area contributed by atoms with Crippen LogP contribution in [0.4, 0.5) is 0 Å². The van der Waals surface area contributed by atoms with Crippen LogP contribution in [0.3, 0.4) is 0 Å². The van der Waals surface area contributed by atoms with Crippen LogP contribution < -0.4 is 9.46 Å². The Morgan fingerprint density at radius 2 is 1.63 bits per heavy atom. The zero-order valence-electron chi connectivity index (χ0n) is 20.0. The van der Waals surface area contributed by atoms with Crippen LogP contribution in [0.15, 0.2) is 71.6 Å². The van der Waals surface area contributed by atoms with Gasteiger partial charge in [-0.25, -0.2) is 13.1 Å². The van der Waals surface area contributed by atoms with Crippen molar-refractivity contribution in [3.8, 4) is 5.75 Å². The second-order valence-electron chi connectivity index (χ2n) is 9.36. The van der Waals surface area contributed by atoms with Crippen molar-refractivity contribution in [2.75, 3.05) is 7.11 Å². The first-order valence-electron chi connectivity index (χ1n) is 11.1. The van der Waals surface area contributed by atoms with Gasteiger partial charge in [0.1, 0.15) is 16.8 Å². The predicted octanol–water partition coefficient (Wildman–Crippen LogP) is 4.83. The van der Waals surface area contributed by atoms with E-state index in [2.05, 4.69) is 34.2 Å². The average molecular weight is 510 g/mol. The smallest absolute Gasteiger partial charge is 0.264 e. The summed E-state index contributed by atoms with van der Waals surface area (Å²) in [5, 5.41) is 0. The summed E-state index contributed by atoms with van der Waals surface area (Å²) in [6, 6.07) is 19.3.